The van der Waals surface area contributed by atoms with Crippen LogP contribution in [-0.2, 0) is 0 Å². The Morgan fingerprint density at radius 1 is 1.12 bits per heavy atom. The van der Waals surface area contributed by atoms with Crippen LogP contribution in [0.5, 0.6) is 5.75 Å². The van der Waals surface area contributed by atoms with Gasteiger partial charge in [0.05, 0.1) is 24.1 Å². The van der Waals surface area contributed by atoms with Crippen LogP contribution in [0.25, 0.3) is 5.69 Å². The zero-order valence-corrected chi connectivity index (χ0v) is 13.8. The van der Waals surface area contributed by atoms with Gasteiger partial charge in [-0.25, -0.2) is 4.79 Å². The quantitative estimate of drug-likeness (QED) is 0.683. The van der Waals surface area contributed by atoms with Gasteiger partial charge in [-0.3, -0.25) is 4.99 Å². The summed E-state index contributed by atoms with van der Waals surface area (Å²) < 4.78 is 7.52. The van der Waals surface area contributed by atoms with Gasteiger partial charge in [0, 0.05) is 11.9 Å². The molecule has 0 spiro atoms. The molecule has 0 fully saturated rings. The number of hydrogen-bond acceptors (Lipinski definition) is 3. The molecule has 3 aromatic rings. The largest absolute Gasteiger partial charge is 0.492 e. The molecule has 1 N–H and O–H groups in total. The first-order valence-corrected chi connectivity index (χ1v) is 7.96. The van der Waals surface area contributed by atoms with Crippen molar-refractivity contribution in [2.45, 2.75) is 6.92 Å². The van der Waals surface area contributed by atoms with E-state index >= 15 is 0 Å². The Labute approximate surface area is 145 Å². The molecule has 126 valence electrons. The van der Waals surface area contributed by atoms with Crippen molar-refractivity contribution in [3.63, 3.8) is 0 Å². The van der Waals surface area contributed by atoms with Gasteiger partial charge in [0.15, 0.2) is 0 Å². The first kappa shape index (κ1) is 16.5. The van der Waals surface area contributed by atoms with Crippen molar-refractivity contribution in [3.05, 3.63) is 78.1 Å². The van der Waals surface area contributed by atoms with Gasteiger partial charge in [-0.1, -0.05) is 12.1 Å². The van der Waals surface area contributed by atoms with Crippen LogP contribution in [-0.4, -0.2) is 28.5 Å². The number of nitrogens with zero attached hydrogens (tertiary/aromatic N) is 2. The normalized spacial score (nSPS) is 10.9. The highest BCUT2D eigenvalue weighted by atomic mass is 16.5. The van der Waals surface area contributed by atoms with E-state index in [0.29, 0.717) is 6.61 Å². The zero-order chi connectivity index (χ0) is 17.6. The predicted octanol–water partition coefficient (Wildman–Crippen LogP) is 4.32. The maximum absolute atomic E-state index is 11.0. The van der Waals surface area contributed by atoms with Crippen LogP contribution in [0.2, 0.25) is 0 Å². The predicted molar refractivity (Wildman–Crippen MR) is 97.6 cm³/mol. The van der Waals surface area contributed by atoms with Crippen molar-refractivity contribution >= 4 is 17.9 Å². The molecule has 1 aromatic heterocycles. The molecule has 1 heterocycles. The highest BCUT2D eigenvalue weighted by molar-refractivity contribution is 5.88. The molecule has 0 aliphatic heterocycles. The molecule has 0 aliphatic rings. The maximum atomic E-state index is 11.0. The fourth-order valence-electron chi connectivity index (χ4n) is 2.48. The first-order chi connectivity index (χ1) is 12.2. The van der Waals surface area contributed by atoms with Crippen molar-refractivity contribution in [2.75, 3.05) is 6.61 Å². The molecule has 0 saturated carbocycles. The van der Waals surface area contributed by atoms with Crippen LogP contribution in [0.4, 0.5) is 5.69 Å². The van der Waals surface area contributed by atoms with Crippen LogP contribution in [0.15, 0.2) is 71.9 Å². The molecule has 5 nitrogen and oxygen atoms in total. The minimum Gasteiger partial charge on any atom is -0.492 e. The number of ether oxygens (including phenoxy) is 1. The Morgan fingerprint density at radius 2 is 1.88 bits per heavy atom. The summed E-state index contributed by atoms with van der Waals surface area (Å²) in [6, 6.07) is 18.2. The smallest absolute Gasteiger partial charge is 0.335 e. The number of benzene rings is 2. The molecule has 0 bridgehead atoms. The number of hydrogen-bond donors (Lipinski definition) is 1. The van der Waals surface area contributed by atoms with Crippen molar-refractivity contribution in [1.29, 1.82) is 0 Å². The topological polar surface area (TPSA) is 63.8 Å². The fraction of sp³-hybridized carbons (Fsp3) is 0.100. The van der Waals surface area contributed by atoms with Gasteiger partial charge in [-0.15, -0.1) is 0 Å². The summed E-state index contributed by atoms with van der Waals surface area (Å²) in [5.41, 5.74) is 2.78. The molecule has 25 heavy (non-hydrogen) atoms. The van der Waals surface area contributed by atoms with Crippen LogP contribution in [0.1, 0.15) is 23.0 Å². The van der Waals surface area contributed by atoms with E-state index < -0.39 is 5.97 Å². The summed E-state index contributed by atoms with van der Waals surface area (Å²) in [4.78, 5) is 15.5. The van der Waals surface area contributed by atoms with E-state index in [1.807, 2.05) is 54.1 Å². The third kappa shape index (κ3) is 3.77. The van der Waals surface area contributed by atoms with E-state index in [4.69, 9.17) is 9.84 Å². The van der Waals surface area contributed by atoms with Crippen molar-refractivity contribution < 1.29 is 14.6 Å². The van der Waals surface area contributed by atoms with Gasteiger partial charge in [-0.05, 0) is 55.5 Å². The highest BCUT2D eigenvalue weighted by Crippen LogP contribution is 2.26. The maximum Gasteiger partial charge on any atom is 0.335 e. The fourth-order valence-corrected chi connectivity index (χ4v) is 2.48. The number of aliphatic imine (C=N–C) groups is 1. The number of rotatable bonds is 6. The minimum atomic E-state index is -0.937. The van der Waals surface area contributed by atoms with Crippen molar-refractivity contribution in [1.82, 2.24) is 4.57 Å². The Bertz CT molecular complexity index is 895. The molecule has 2 aromatic carbocycles. The number of aromatic carboxylic acids is 1. The molecular formula is C20H18N2O3. The second-order valence-corrected chi connectivity index (χ2v) is 5.31. The number of aromatic nitrogens is 1. The number of carboxylic acid groups (broad SMARTS) is 1. The molecular weight excluding hydrogens is 316 g/mol. The van der Waals surface area contributed by atoms with Gasteiger partial charge in [-0.2, -0.15) is 0 Å². The van der Waals surface area contributed by atoms with Crippen LogP contribution < -0.4 is 4.74 Å². The second kappa shape index (κ2) is 7.49. The highest BCUT2D eigenvalue weighted by Gasteiger charge is 2.05. The standard InChI is InChI=1S/C20H18N2O3/c1-2-25-19-8-4-3-7-18(19)21-14-17-6-5-13-22(17)16-11-9-15(10-12-16)20(23)24/h3-14H,2H2,1H3,(H,23,24). The van der Waals surface area contributed by atoms with Crippen molar-refractivity contribution in [2.24, 2.45) is 4.99 Å². The summed E-state index contributed by atoms with van der Waals surface area (Å²) >= 11 is 0. The summed E-state index contributed by atoms with van der Waals surface area (Å²) in [6.07, 6.45) is 3.68. The van der Waals surface area contributed by atoms with E-state index in [1.165, 1.54) is 0 Å². The van der Waals surface area contributed by atoms with Gasteiger partial charge in [0.1, 0.15) is 11.4 Å². The minimum absolute atomic E-state index is 0.261. The summed E-state index contributed by atoms with van der Waals surface area (Å²) in [5, 5.41) is 9.00. The third-order valence-electron chi connectivity index (χ3n) is 3.67. The van der Waals surface area contributed by atoms with Crippen LogP contribution in [0, 0.1) is 0 Å². The van der Waals surface area contributed by atoms with Crippen molar-refractivity contribution in [3.8, 4) is 11.4 Å². The Hall–Kier alpha value is -3.34. The number of carboxylic acids is 1. The van der Waals surface area contributed by atoms with Crippen LogP contribution >= 0.6 is 0 Å². The SMILES string of the molecule is CCOc1ccccc1N=Cc1cccn1-c1ccc(C(=O)O)cc1. The first-order valence-electron chi connectivity index (χ1n) is 7.96. The average Bonchev–Trinajstić information content (AvgIpc) is 3.10. The Morgan fingerprint density at radius 3 is 2.60 bits per heavy atom. The summed E-state index contributed by atoms with van der Waals surface area (Å²) in [6.45, 7) is 2.52. The number of para-hydroxylation sites is 2. The van der Waals surface area contributed by atoms with Gasteiger partial charge in [0.2, 0.25) is 0 Å². The molecule has 5 heteroatoms. The molecule has 0 atom stereocenters. The third-order valence-corrected chi connectivity index (χ3v) is 3.67. The average molecular weight is 334 g/mol. The van der Waals surface area contributed by atoms with E-state index in [1.54, 1.807) is 30.5 Å². The molecule has 0 aliphatic carbocycles. The van der Waals surface area contributed by atoms with E-state index in [0.717, 1.165) is 22.8 Å². The lowest BCUT2D eigenvalue weighted by molar-refractivity contribution is 0.0697. The van der Waals surface area contributed by atoms with E-state index in [9.17, 15) is 4.79 Å². The molecule has 0 radical (unpaired) electrons. The number of carbonyl (C=O) groups is 1. The lowest BCUT2D eigenvalue weighted by Crippen LogP contribution is -2.00. The lowest BCUT2D eigenvalue weighted by Gasteiger charge is -2.08. The monoisotopic (exact) mass is 334 g/mol. The van der Waals surface area contributed by atoms with Gasteiger partial charge in [0.25, 0.3) is 0 Å². The van der Waals surface area contributed by atoms with E-state index in [-0.39, 0.29) is 5.56 Å². The molecule has 0 unspecified atom stereocenters. The molecule has 0 amide bonds. The van der Waals surface area contributed by atoms with Gasteiger partial charge < -0.3 is 14.4 Å². The second-order valence-electron chi connectivity index (χ2n) is 5.31. The Balaban J connectivity index is 1.88. The Kier molecular flexibility index (Phi) is 4.95. The lowest BCUT2D eigenvalue weighted by atomic mass is 10.2. The zero-order valence-electron chi connectivity index (χ0n) is 13.8. The molecule has 0 saturated heterocycles. The molecule has 3 rings (SSSR count). The van der Waals surface area contributed by atoms with Gasteiger partial charge >= 0.3 is 5.97 Å². The van der Waals surface area contributed by atoms with Crippen LogP contribution in [0.3, 0.4) is 0 Å². The van der Waals surface area contributed by atoms with E-state index in [2.05, 4.69) is 4.99 Å². The summed E-state index contributed by atoms with van der Waals surface area (Å²) in [7, 11) is 0. The summed E-state index contributed by atoms with van der Waals surface area (Å²) in [5.74, 6) is -0.196.